The molecule has 0 spiro atoms. The van der Waals surface area contributed by atoms with Crippen LogP contribution in [0.15, 0.2) is 18.2 Å². The Bertz CT molecular complexity index is 552. The van der Waals surface area contributed by atoms with Crippen LogP contribution in [0.3, 0.4) is 0 Å². The van der Waals surface area contributed by atoms with Gasteiger partial charge in [0.1, 0.15) is 5.52 Å². The van der Waals surface area contributed by atoms with Crippen LogP contribution in [0.4, 0.5) is 0 Å². The zero-order chi connectivity index (χ0) is 12.7. The van der Waals surface area contributed by atoms with E-state index >= 15 is 0 Å². The summed E-state index contributed by atoms with van der Waals surface area (Å²) in [6.07, 6.45) is 0. The molecule has 1 fully saturated rings. The Morgan fingerprint density at radius 2 is 2.22 bits per heavy atom. The van der Waals surface area contributed by atoms with Gasteiger partial charge in [-0.15, -0.1) is 5.10 Å². The van der Waals surface area contributed by atoms with Crippen molar-refractivity contribution in [1.29, 1.82) is 0 Å². The summed E-state index contributed by atoms with van der Waals surface area (Å²) in [6, 6.07) is 6.67. The van der Waals surface area contributed by atoms with Gasteiger partial charge in [0.15, 0.2) is 0 Å². The van der Waals surface area contributed by atoms with Gasteiger partial charge in [-0.25, -0.2) is 4.68 Å². The van der Waals surface area contributed by atoms with Crippen LogP contribution in [-0.2, 0) is 13.6 Å². The average molecular weight is 245 g/mol. The zero-order valence-corrected chi connectivity index (χ0v) is 10.9. The summed E-state index contributed by atoms with van der Waals surface area (Å²) in [5.74, 6) is 0.588. The molecular weight excluding hydrogens is 226 g/mol. The van der Waals surface area contributed by atoms with Gasteiger partial charge < -0.3 is 5.73 Å². The van der Waals surface area contributed by atoms with Crippen molar-refractivity contribution in [2.45, 2.75) is 19.5 Å². The van der Waals surface area contributed by atoms with E-state index < -0.39 is 0 Å². The van der Waals surface area contributed by atoms with Gasteiger partial charge in [-0.05, 0) is 23.6 Å². The predicted molar refractivity (Wildman–Crippen MR) is 70.9 cm³/mol. The highest BCUT2D eigenvalue weighted by atomic mass is 15.4. The van der Waals surface area contributed by atoms with Crippen molar-refractivity contribution in [2.75, 3.05) is 13.1 Å². The molecule has 0 aliphatic carbocycles. The summed E-state index contributed by atoms with van der Waals surface area (Å²) in [7, 11) is 1.91. The molecule has 1 aliphatic heterocycles. The van der Waals surface area contributed by atoms with Crippen molar-refractivity contribution in [3.05, 3.63) is 23.8 Å². The van der Waals surface area contributed by atoms with Crippen LogP contribution in [0.5, 0.6) is 0 Å². The Labute approximate surface area is 107 Å². The van der Waals surface area contributed by atoms with Crippen molar-refractivity contribution in [1.82, 2.24) is 19.9 Å². The predicted octanol–water partition coefficient (Wildman–Crippen LogP) is 0.747. The molecule has 0 saturated carbocycles. The zero-order valence-electron chi connectivity index (χ0n) is 10.9. The number of nitrogens with zero attached hydrogens (tertiary/aromatic N) is 4. The largest absolute Gasteiger partial charge is 0.326 e. The highest BCUT2D eigenvalue weighted by Gasteiger charge is 2.26. The number of hydrogen-bond donors (Lipinski definition) is 1. The van der Waals surface area contributed by atoms with Gasteiger partial charge in [0, 0.05) is 32.7 Å². The maximum absolute atomic E-state index is 6.05. The van der Waals surface area contributed by atoms with E-state index in [0.29, 0.717) is 12.0 Å². The Morgan fingerprint density at radius 1 is 1.39 bits per heavy atom. The third-order valence-electron chi connectivity index (χ3n) is 3.83. The standard InChI is InChI=1S/C13H19N5/c1-9-6-18(8-11(9)14)7-10-3-4-13-12(5-10)15-16-17(13)2/h3-5,9,11H,6-8,14H2,1-2H3. The minimum atomic E-state index is 0.310. The van der Waals surface area contributed by atoms with Gasteiger partial charge in [-0.1, -0.05) is 18.2 Å². The van der Waals surface area contributed by atoms with Gasteiger partial charge in [0.05, 0.1) is 5.52 Å². The number of aryl methyl sites for hydroxylation is 1. The molecule has 0 radical (unpaired) electrons. The van der Waals surface area contributed by atoms with E-state index in [-0.39, 0.29) is 0 Å². The Morgan fingerprint density at radius 3 is 2.94 bits per heavy atom. The first-order valence-electron chi connectivity index (χ1n) is 6.40. The number of nitrogens with two attached hydrogens (primary N) is 1. The molecule has 1 aromatic heterocycles. The lowest BCUT2D eigenvalue weighted by Gasteiger charge is -2.15. The van der Waals surface area contributed by atoms with Crippen molar-refractivity contribution in [3.63, 3.8) is 0 Å². The van der Waals surface area contributed by atoms with Gasteiger partial charge >= 0.3 is 0 Å². The third kappa shape index (κ3) is 2.00. The monoisotopic (exact) mass is 245 g/mol. The van der Waals surface area contributed by atoms with Crippen LogP contribution in [0.2, 0.25) is 0 Å². The average Bonchev–Trinajstić information content (AvgIpc) is 2.84. The van der Waals surface area contributed by atoms with Gasteiger partial charge in [0.2, 0.25) is 0 Å². The van der Waals surface area contributed by atoms with Crippen LogP contribution in [0.1, 0.15) is 12.5 Å². The molecule has 96 valence electrons. The molecule has 18 heavy (non-hydrogen) atoms. The Kier molecular flexibility index (Phi) is 2.80. The fraction of sp³-hybridized carbons (Fsp3) is 0.538. The minimum absolute atomic E-state index is 0.310. The van der Waals surface area contributed by atoms with Crippen molar-refractivity contribution in [3.8, 4) is 0 Å². The topological polar surface area (TPSA) is 60.0 Å². The summed E-state index contributed by atoms with van der Waals surface area (Å²) in [5.41, 5.74) is 9.37. The lowest BCUT2D eigenvalue weighted by Crippen LogP contribution is -2.28. The second-order valence-electron chi connectivity index (χ2n) is 5.37. The molecule has 1 saturated heterocycles. The first kappa shape index (κ1) is 11.6. The van der Waals surface area contributed by atoms with Crippen molar-refractivity contribution >= 4 is 11.0 Å². The summed E-state index contributed by atoms with van der Waals surface area (Å²) >= 11 is 0. The molecule has 2 unspecified atom stereocenters. The highest BCUT2D eigenvalue weighted by Crippen LogP contribution is 2.19. The van der Waals surface area contributed by atoms with Crippen LogP contribution in [0.25, 0.3) is 11.0 Å². The lowest BCUT2D eigenvalue weighted by molar-refractivity contribution is 0.319. The molecule has 2 heterocycles. The first-order chi connectivity index (χ1) is 8.63. The smallest absolute Gasteiger partial charge is 0.113 e. The third-order valence-corrected chi connectivity index (χ3v) is 3.83. The van der Waals surface area contributed by atoms with E-state index in [1.54, 1.807) is 4.68 Å². The summed E-state index contributed by atoms with van der Waals surface area (Å²) in [5, 5.41) is 8.18. The number of rotatable bonds is 2. The summed E-state index contributed by atoms with van der Waals surface area (Å²) < 4.78 is 1.80. The molecule has 5 heteroatoms. The molecule has 2 N–H and O–H groups in total. The molecule has 2 aromatic rings. The maximum Gasteiger partial charge on any atom is 0.113 e. The van der Waals surface area contributed by atoms with Gasteiger partial charge in [-0.3, -0.25) is 4.90 Å². The van der Waals surface area contributed by atoms with Gasteiger partial charge in [-0.2, -0.15) is 0 Å². The summed E-state index contributed by atoms with van der Waals surface area (Å²) in [4.78, 5) is 2.41. The minimum Gasteiger partial charge on any atom is -0.326 e. The van der Waals surface area contributed by atoms with E-state index in [9.17, 15) is 0 Å². The van der Waals surface area contributed by atoms with Crippen molar-refractivity contribution < 1.29 is 0 Å². The SMILES string of the molecule is CC1CN(Cc2ccc3c(c2)nnn3C)CC1N. The number of benzene rings is 1. The fourth-order valence-corrected chi connectivity index (χ4v) is 2.67. The molecule has 1 aliphatic rings. The first-order valence-corrected chi connectivity index (χ1v) is 6.40. The van der Waals surface area contributed by atoms with Gasteiger partial charge in [0.25, 0.3) is 0 Å². The molecule has 3 rings (SSSR count). The van der Waals surface area contributed by atoms with Crippen LogP contribution < -0.4 is 5.73 Å². The number of likely N-dealkylation sites (tertiary alicyclic amines) is 1. The normalized spacial score (nSPS) is 25.1. The van der Waals surface area contributed by atoms with Crippen molar-refractivity contribution in [2.24, 2.45) is 18.7 Å². The van der Waals surface area contributed by atoms with Crippen LogP contribution in [0, 0.1) is 5.92 Å². The fourth-order valence-electron chi connectivity index (χ4n) is 2.67. The number of aromatic nitrogens is 3. The molecule has 5 nitrogen and oxygen atoms in total. The molecule has 0 bridgehead atoms. The number of fused-ring (bicyclic) bond motifs is 1. The Hall–Kier alpha value is -1.46. The number of hydrogen-bond acceptors (Lipinski definition) is 4. The Balaban J connectivity index is 1.79. The maximum atomic E-state index is 6.05. The van der Waals surface area contributed by atoms with E-state index in [1.165, 1.54) is 5.56 Å². The second-order valence-corrected chi connectivity index (χ2v) is 5.37. The van der Waals surface area contributed by atoms with E-state index in [4.69, 9.17) is 5.73 Å². The molecule has 0 amide bonds. The van der Waals surface area contributed by atoms with Crippen LogP contribution >= 0.6 is 0 Å². The second kappa shape index (κ2) is 4.33. The van der Waals surface area contributed by atoms with E-state index in [2.05, 4.69) is 40.3 Å². The quantitative estimate of drug-likeness (QED) is 0.848. The molecular formula is C13H19N5. The van der Waals surface area contributed by atoms with E-state index in [0.717, 1.165) is 30.7 Å². The lowest BCUT2D eigenvalue weighted by atomic mass is 10.1. The van der Waals surface area contributed by atoms with Crippen LogP contribution in [-0.4, -0.2) is 39.0 Å². The summed E-state index contributed by atoms with van der Waals surface area (Å²) in [6.45, 7) is 5.24. The molecule has 2 atom stereocenters. The highest BCUT2D eigenvalue weighted by molar-refractivity contribution is 5.74. The molecule has 1 aromatic carbocycles. The van der Waals surface area contributed by atoms with E-state index in [1.807, 2.05) is 7.05 Å².